The molecule has 4 fully saturated rings. The van der Waals surface area contributed by atoms with Crippen LogP contribution in [0.2, 0.25) is 5.02 Å². The van der Waals surface area contributed by atoms with Crippen LogP contribution in [0.5, 0.6) is 0 Å². The molecule has 8 nitrogen and oxygen atoms in total. The zero-order valence-corrected chi connectivity index (χ0v) is 22.9. The van der Waals surface area contributed by atoms with Gasteiger partial charge in [0.25, 0.3) is 0 Å². The van der Waals surface area contributed by atoms with Crippen molar-refractivity contribution in [2.45, 2.75) is 44.2 Å². The van der Waals surface area contributed by atoms with Crippen LogP contribution in [0.4, 0.5) is 11.5 Å². The largest absolute Gasteiger partial charge is 0.386 e. The molecule has 1 aliphatic carbocycles. The number of benzene rings is 1. The quantitative estimate of drug-likeness (QED) is 0.580. The lowest BCUT2D eigenvalue weighted by Crippen LogP contribution is -2.65. The van der Waals surface area contributed by atoms with Crippen LogP contribution >= 0.6 is 11.6 Å². The van der Waals surface area contributed by atoms with E-state index in [4.69, 9.17) is 21.1 Å². The molecule has 202 valence electrons. The summed E-state index contributed by atoms with van der Waals surface area (Å²) in [6, 6.07) is 6.17. The first-order valence-electron chi connectivity index (χ1n) is 13.3. The third kappa shape index (κ3) is 5.06. The summed E-state index contributed by atoms with van der Waals surface area (Å²) in [6.45, 7) is 10.1. The molecule has 4 heterocycles. The van der Waals surface area contributed by atoms with Crippen LogP contribution in [-0.2, 0) is 14.3 Å². The van der Waals surface area contributed by atoms with E-state index in [9.17, 15) is 9.90 Å². The minimum absolute atomic E-state index is 0.348. The van der Waals surface area contributed by atoms with E-state index in [-0.39, 0.29) is 5.54 Å². The summed E-state index contributed by atoms with van der Waals surface area (Å²) in [5.41, 5.74) is 0.281. The number of halogens is 1. The Labute approximate surface area is 224 Å². The van der Waals surface area contributed by atoms with E-state index in [1.807, 2.05) is 32.3 Å². The second-order valence-corrected chi connectivity index (χ2v) is 11.8. The van der Waals surface area contributed by atoms with Gasteiger partial charge in [0.15, 0.2) is 0 Å². The first kappa shape index (κ1) is 26.6. The number of rotatable bonds is 4. The monoisotopic (exact) mass is 530 g/mol. The molecule has 1 aromatic heterocycles. The summed E-state index contributed by atoms with van der Waals surface area (Å²) < 4.78 is 10.8. The molecule has 0 radical (unpaired) electrons. The van der Waals surface area contributed by atoms with Crippen LogP contribution in [0, 0.1) is 11.3 Å². The third-order valence-corrected chi connectivity index (χ3v) is 9.50. The maximum absolute atomic E-state index is 10.7. The highest BCUT2D eigenvalue weighted by Crippen LogP contribution is 2.57. The lowest BCUT2D eigenvalue weighted by Gasteiger charge is -2.48. The van der Waals surface area contributed by atoms with Gasteiger partial charge in [-0.25, -0.2) is 4.98 Å². The van der Waals surface area contributed by atoms with E-state index in [1.165, 1.54) is 0 Å². The molecule has 3 atom stereocenters. The van der Waals surface area contributed by atoms with Crippen molar-refractivity contribution in [1.82, 2.24) is 9.88 Å². The molecule has 6 rings (SSSR count). The lowest BCUT2D eigenvalue weighted by atomic mass is 9.83. The van der Waals surface area contributed by atoms with Crippen LogP contribution in [0.3, 0.4) is 0 Å². The van der Waals surface area contributed by atoms with Crippen molar-refractivity contribution in [3.8, 4) is 0 Å². The topological polar surface area (TPSA) is 87.2 Å². The SMILES string of the molecule is CNc1cc2cc(N3CCN(C4(C)COCC4(C)O)CC3)c(Cl)cc2cn1.O=CC1CC12CCOCC2. The van der Waals surface area contributed by atoms with Crippen LogP contribution in [0.25, 0.3) is 10.8 Å². The molecular weight excluding hydrogens is 492 g/mol. The molecule has 37 heavy (non-hydrogen) atoms. The fraction of sp³-hybridized carbons (Fsp3) is 0.643. The summed E-state index contributed by atoms with van der Waals surface area (Å²) in [6.07, 6.45) is 6.30. The number of nitrogens with one attached hydrogen (secondary N) is 1. The van der Waals surface area contributed by atoms with Gasteiger partial charge in [-0.1, -0.05) is 11.6 Å². The van der Waals surface area contributed by atoms with E-state index in [0.29, 0.717) is 24.5 Å². The molecule has 3 aliphatic heterocycles. The number of aliphatic hydroxyl groups is 1. The van der Waals surface area contributed by atoms with Gasteiger partial charge in [-0.2, -0.15) is 0 Å². The second-order valence-electron chi connectivity index (χ2n) is 11.4. The molecule has 2 N–H and O–H groups in total. The Morgan fingerprint density at radius 3 is 2.41 bits per heavy atom. The summed E-state index contributed by atoms with van der Waals surface area (Å²) >= 11 is 6.59. The van der Waals surface area contributed by atoms with E-state index in [2.05, 4.69) is 33.1 Å². The summed E-state index contributed by atoms with van der Waals surface area (Å²) in [5, 5.41) is 16.7. The van der Waals surface area contributed by atoms with Crippen LogP contribution < -0.4 is 10.2 Å². The zero-order valence-electron chi connectivity index (χ0n) is 22.1. The van der Waals surface area contributed by atoms with Gasteiger partial charge in [-0.3, -0.25) is 4.90 Å². The summed E-state index contributed by atoms with van der Waals surface area (Å²) in [5.74, 6) is 1.22. The highest BCUT2D eigenvalue weighted by Gasteiger charge is 2.54. The van der Waals surface area contributed by atoms with E-state index in [1.54, 1.807) is 0 Å². The Morgan fingerprint density at radius 1 is 1.08 bits per heavy atom. The Balaban J connectivity index is 0.000000233. The van der Waals surface area contributed by atoms with Gasteiger partial charge in [0.05, 0.1) is 29.5 Å². The molecule has 0 amide bonds. The Hall–Kier alpha value is -1.97. The fourth-order valence-electron chi connectivity index (χ4n) is 6.09. The van der Waals surface area contributed by atoms with Crippen LogP contribution in [0.1, 0.15) is 33.1 Å². The number of carbonyl (C=O) groups excluding carboxylic acids is 1. The molecule has 1 saturated carbocycles. The molecule has 3 saturated heterocycles. The van der Waals surface area contributed by atoms with E-state index in [0.717, 1.165) is 92.2 Å². The number of aldehydes is 1. The highest BCUT2D eigenvalue weighted by molar-refractivity contribution is 6.34. The van der Waals surface area contributed by atoms with Gasteiger partial charge >= 0.3 is 0 Å². The molecule has 3 unspecified atom stereocenters. The molecule has 1 spiro atoms. The number of hydrogen-bond donors (Lipinski definition) is 2. The smallest absolute Gasteiger partial charge is 0.126 e. The van der Waals surface area contributed by atoms with Gasteiger partial charge in [0.2, 0.25) is 0 Å². The number of aromatic nitrogens is 1. The van der Waals surface area contributed by atoms with Gasteiger partial charge in [0, 0.05) is 63.9 Å². The van der Waals surface area contributed by atoms with Gasteiger partial charge in [-0.15, -0.1) is 0 Å². The van der Waals surface area contributed by atoms with Crippen molar-refractivity contribution in [2.24, 2.45) is 11.3 Å². The number of ether oxygens (including phenoxy) is 2. The second kappa shape index (κ2) is 10.3. The van der Waals surface area contributed by atoms with Gasteiger partial charge in [0.1, 0.15) is 17.7 Å². The van der Waals surface area contributed by atoms with Crippen molar-refractivity contribution in [3.05, 3.63) is 29.4 Å². The Bertz CT molecular complexity index is 1130. The van der Waals surface area contributed by atoms with E-state index >= 15 is 0 Å². The van der Waals surface area contributed by atoms with Crippen molar-refractivity contribution in [3.63, 3.8) is 0 Å². The summed E-state index contributed by atoms with van der Waals surface area (Å²) in [7, 11) is 1.87. The number of nitrogens with zero attached hydrogens (tertiary/aromatic N) is 3. The molecule has 9 heteroatoms. The van der Waals surface area contributed by atoms with Gasteiger partial charge < -0.3 is 29.6 Å². The van der Waals surface area contributed by atoms with E-state index < -0.39 is 5.60 Å². The highest BCUT2D eigenvalue weighted by atomic mass is 35.5. The van der Waals surface area contributed by atoms with Crippen molar-refractivity contribution < 1.29 is 19.4 Å². The minimum Gasteiger partial charge on any atom is -0.386 e. The molecule has 0 bridgehead atoms. The standard InChI is InChI=1S/C20H27ClN4O2.C8H12O2/c1-19(12-27-13-20(19,2)26)25-6-4-24(5-7-25)17-9-14-10-18(22-3)23-11-15(14)8-16(17)21;9-6-7-5-8(7)1-3-10-4-2-8/h8-11,26H,4-7,12-13H2,1-3H3,(H,22,23);6-7H,1-5H2. The molecule has 2 aromatic rings. The molecule has 4 aliphatic rings. The average Bonchev–Trinajstić information content (AvgIpc) is 3.50. The minimum atomic E-state index is -0.827. The third-order valence-electron chi connectivity index (χ3n) is 9.19. The first-order valence-corrected chi connectivity index (χ1v) is 13.7. The normalized spacial score (nSPS) is 31.2. The van der Waals surface area contributed by atoms with Crippen LogP contribution in [0.15, 0.2) is 24.4 Å². The van der Waals surface area contributed by atoms with Crippen molar-refractivity contribution in [1.29, 1.82) is 0 Å². The lowest BCUT2D eigenvalue weighted by molar-refractivity contribution is -0.110. The number of piperazine rings is 1. The van der Waals surface area contributed by atoms with Crippen molar-refractivity contribution in [2.75, 3.05) is 69.9 Å². The number of hydrogen-bond acceptors (Lipinski definition) is 8. The Morgan fingerprint density at radius 2 is 1.81 bits per heavy atom. The van der Waals surface area contributed by atoms with Crippen molar-refractivity contribution >= 4 is 40.2 Å². The maximum atomic E-state index is 10.7. The average molecular weight is 531 g/mol. The first-order chi connectivity index (χ1) is 17.7. The fourth-order valence-corrected chi connectivity index (χ4v) is 6.38. The Kier molecular flexibility index (Phi) is 7.41. The number of pyridine rings is 1. The predicted molar refractivity (Wildman–Crippen MR) is 147 cm³/mol. The van der Waals surface area contributed by atoms with Gasteiger partial charge in [-0.05, 0) is 62.1 Å². The number of carbonyl (C=O) groups is 1. The molecular formula is C28H39ClN4O4. The summed E-state index contributed by atoms with van der Waals surface area (Å²) in [4.78, 5) is 19.4. The zero-order chi connectivity index (χ0) is 26.3. The van der Waals surface area contributed by atoms with Crippen LogP contribution in [-0.4, -0.2) is 92.1 Å². The number of anilines is 2. The number of fused-ring (bicyclic) bond motifs is 1. The maximum Gasteiger partial charge on any atom is 0.126 e. The predicted octanol–water partition coefficient (Wildman–Crippen LogP) is 3.59. The molecule has 1 aromatic carbocycles.